The first-order valence-electron chi connectivity index (χ1n) is 8.43. The van der Waals surface area contributed by atoms with Crippen molar-refractivity contribution in [3.8, 4) is 0 Å². The fourth-order valence-corrected chi connectivity index (χ4v) is 3.25. The van der Waals surface area contributed by atoms with Crippen LogP contribution >= 0.6 is 0 Å². The van der Waals surface area contributed by atoms with E-state index in [1.807, 2.05) is 0 Å². The molecule has 2 fully saturated rings. The van der Waals surface area contributed by atoms with Crippen LogP contribution in [0.5, 0.6) is 0 Å². The number of hydrogen-bond acceptors (Lipinski definition) is 4. The molecule has 0 radical (unpaired) electrons. The van der Waals surface area contributed by atoms with E-state index in [-0.39, 0.29) is 17.9 Å². The number of hydrogen-bond donors (Lipinski definition) is 2. The Morgan fingerprint density at radius 3 is 2.52 bits per heavy atom. The third-order valence-corrected chi connectivity index (χ3v) is 5.09. The van der Waals surface area contributed by atoms with Gasteiger partial charge in [0.05, 0.1) is 6.04 Å². The summed E-state index contributed by atoms with van der Waals surface area (Å²) in [5.41, 5.74) is 6.09. The first-order valence-corrected chi connectivity index (χ1v) is 8.43. The number of amides is 1. The maximum Gasteiger partial charge on any atom is 0.237 e. The summed E-state index contributed by atoms with van der Waals surface area (Å²) < 4.78 is 5.32. The fraction of sp³-hybridized carbons (Fsp3) is 0.938. The third-order valence-electron chi connectivity index (χ3n) is 5.09. The van der Waals surface area contributed by atoms with Gasteiger partial charge in [0.2, 0.25) is 5.91 Å². The zero-order valence-corrected chi connectivity index (χ0v) is 13.5. The number of ether oxygens (including phenoxy) is 1. The molecule has 0 aliphatic carbocycles. The molecule has 2 atom stereocenters. The lowest BCUT2D eigenvalue weighted by molar-refractivity contribution is -0.124. The quantitative estimate of drug-likeness (QED) is 0.794. The predicted octanol–water partition coefficient (Wildman–Crippen LogP) is 0.977. The first-order chi connectivity index (χ1) is 10.1. The predicted molar refractivity (Wildman–Crippen MR) is 84.0 cm³/mol. The first kappa shape index (κ1) is 16.7. The molecule has 2 rings (SSSR count). The highest BCUT2D eigenvalue weighted by Crippen LogP contribution is 2.19. The van der Waals surface area contributed by atoms with Crippen LogP contribution in [-0.4, -0.2) is 55.7 Å². The van der Waals surface area contributed by atoms with Gasteiger partial charge in [0.1, 0.15) is 0 Å². The molecule has 0 aromatic heterocycles. The van der Waals surface area contributed by atoms with Gasteiger partial charge >= 0.3 is 0 Å². The Kier molecular flexibility index (Phi) is 6.45. The fourth-order valence-electron chi connectivity index (χ4n) is 3.25. The molecular weight excluding hydrogens is 266 g/mol. The molecule has 0 aromatic carbocycles. The van der Waals surface area contributed by atoms with Crippen LogP contribution in [-0.2, 0) is 9.53 Å². The highest BCUT2D eigenvalue weighted by molar-refractivity contribution is 5.81. The molecule has 0 spiro atoms. The van der Waals surface area contributed by atoms with Crippen LogP contribution in [0.25, 0.3) is 0 Å². The summed E-state index contributed by atoms with van der Waals surface area (Å²) in [5, 5.41) is 3.04. The second-order valence-corrected chi connectivity index (χ2v) is 6.79. The SMILES string of the molecule is CC1CCN(C(C)CNC(=O)C(N)C2CCOCC2)CC1. The molecule has 2 unspecified atom stereocenters. The van der Waals surface area contributed by atoms with Gasteiger partial charge in [0, 0.05) is 25.8 Å². The highest BCUT2D eigenvalue weighted by Gasteiger charge is 2.27. The third kappa shape index (κ3) is 4.94. The summed E-state index contributed by atoms with van der Waals surface area (Å²) in [6, 6.07) is 0.00539. The standard InChI is InChI=1S/C16H31N3O2/c1-12-3-7-19(8-4-12)13(2)11-18-16(20)15(17)14-5-9-21-10-6-14/h12-15H,3-11,17H2,1-2H3,(H,18,20). The molecule has 21 heavy (non-hydrogen) atoms. The van der Waals surface area contributed by atoms with Crippen molar-refractivity contribution in [2.24, 2.45) is 17.6 Å². The Balaban J connectivity index is 1.70. The minimum Gasteiger partial charge on any atom is -0.381 e. The van der Waals surface area contributed by atoms with Crippen LogP contribution in [0.3, 0.4) is 0 Å². The van der Waals surface area contributed by atoms with Gasteiger partial charge in [-0.1, -0.05) is 6.92 Å². The largest absolute Gasteiger partial charge is 0.381 e. The van der Waals surface area contributed by atoms with Crippen molar-refractivity contribution in [2.75, 3.05) is 32.8 Å². The monoisotopic (exact) mass is 297 g/mol. The number of carbonyl (C=O) groups excluding carboxylic acids is 1. The average molecular weight is 297 g/mol. The number of rotatable bonds is 5. The zero-order chi connectivity index (χ0) is 15.2. The van der Waals surface area contributed by atoms with E-state index in [1.54, 1.807) is 0 Å². The number of nitrogens with one attached hydrogen (secondary N) is 1. The summed E-state index contributed by atoms with van der Waals surface area (Å²) in [6.45, 7) is 8.95. The van der Waals surface area contributed by atoms with E-state index in [2.05, 4.69) is 24.1 Å². The van der Waals surface area contributed by atoms with Crippen molar-refractivity contribution in [3.05, 3.63) is 0 Å². The van der Waals surface area contributed by atoms with Crippen LogP contribution in [0.4, 0.5) is 0 Å². The van der Waals surface area contributed by atoms with E-state index in [0.717, 1.165) is 45.1 Å². The minimum atomic E-state index is -0.387. The van der Waals surface area contributed by atoms with Crippen molar-refractivity contribution in [1.82, 2.24) is 10.2 Å². The van der Waals surface area contributed by atoms with E-state index in [9.17, 15) is 4.79 Å². The van der Waals surface area contributed by atoms with Gasteiger partial charge in [0.15, 0.2) is 0 Å². The van der Waals surface area contributed by atoms with Crippen molar-refractivity contribution in [2.45, 2.75) is 51.6 Å². The molecule has 5 heteroatoms. The van der Waals surface area contributed by atoms with Crippen LogP contribution in [0.2, 0.25) is 0 Å². The lowest BCUT2D eigenvalue weighted by Crippen LogP contribution is -2.51. The summed E-state index contributed by atoms with van der Waals surface area (Å²) in [6.07, 6.45) is 4.32. The maximum atomic E-state index is 12.2. The lowest BCUT2D eigenvalue weighted by atomic mass is 9.92. The highest BCUT2D eigenvalue weighted by atomic mass is 16.5. The number of nitrogens with two attached hydrogens (primary N) is 1. The Morgan fingerprint density at radius 2 is 1.90 bits per heavy atom. The Hall–Kier alpha value is -0.650. The van der Waals surface area contributed by atoms with Gasteiger partial charge in [-0.05, 0) is 57.5 Å². The second-order valence-electron chi connectivity index (χ2n) is 6.79. The van der Waals surface area contributed by atoms with E-state index in [4.69, 9.17) is 10.5 Å². The number of piperidine rings is 1. The summed E-state index contributed by atoms with van der Waals surface area (Å²) >= 11 is 0. The average Bonchev–Trinajstić information content (AvgIpc) is 2.53. The van der Waals surface area contributed by atoms with Gasteiger partial charge in [0.25, 0.3) is 0 Å². The van der Waals surface area contributed by atoms with Crippen molar-refractivity contribution in [1.29, 1.82) is 0 Å². The molecule has 122 valence electrons. The molecule has 3 N–H and O–H groups in total. The van der Waals surface area contributed by atoms with Crippen molar-refractivity contribution < 1.29 is 9.53 Å². The van der Waals surface area contributed by atoms with E-state index in [1.165, 1.54) is 12.8 Å². The van der Waals surface area contributed by atoms with Crippen molar-refractivity contribution >= 4 is 5.91 Å². The molecule has 5 nitrogen and oxygen atoms in total. The Labute approximate surface area is 128 Å². The van der Waals surface area contributed by atoms with Gasteiger partial charge in [-0.2, -0.15) is 0 Å². The van der Waals surface area contributed by atoms with Crippen molar-refractivity contribution in [3.63, 3.8) is 0 Å². The molecular formula is C16H31N3O2. The Bertz CT molecular complexity index is 323. The zero-order valence-electron chi connectivity index (χ0n) is 13.5. The van der Waals surface area contributed by atoms with E-state index >= 15 is 0 Å². The van der Waals surface area contributed by atoms with Crippen LogP contribution in [0, 0.1) is 11.8 Å². The molecule has 2 saturated heterocycles. The molecule has 2 heterocycles. The summed E-state index contributed by atoms with van der Waals surface area (Å²) in [4.78, 5) is 14.7. The van der Waals surface area contributed by atoms with Crippen LogP contribution in [0.1, 0.15) is 39.5 Å². The minimum absolute atomic E-state index is 0.000808. The smallest absolute Gasteiger partial charge is 0.237 e. The molecule has 0 saturated carbocycles. The molecule has 0 aromatic rings. The molecule has 2 aliphatic heterocycles. The molecule has 1 amide bonds. The molecule has 0 bridgehead atoms. The van der Waals surface area contributed by atoms with Gasteiger partial charge in [-0.3, -0.25) is 9.69 Å². The number of nitrogens with zero attached hydrogens (tertiary/aromatic N) is 1. The van der Waals surface area contributed by atoms with E-state index in [0.29, 0.717) is 12.6 Å². The van der Waals surface area contributed by atoms with Gasteiger partial charge < -0.3 is 15.8 Å². The summed E-state index contributed by atoms with van der Waals surface area (Å²) in [5.74, 6) is 1.11. The Morgan fingerprint density at radius 1 is 1.29 bits per heavy atom. The number of carbonyl (C=O) groups is 1. The topological polar surface area (TPSA) is 67.6 Å². The van der Waals surface area contributed by atoms with Crippen LogP contribution in [0.15, 0.2) is 0 Å². The van der Waals surface area contributed by atoms with Crippen LogP contribution < -0.4 is 11.1 Å². The maximum absolute atomic E-state index is 12.2. The lowest BCUT2D eigenvalue weighted by Gasteiger charge is -2.35. The second kappa shape index (κ2) is 8.11. The van der Waals surface area contributed by atoms with Gasteiger partial charge in [-0.15, -0.1) is 0 Å². The molecule has 2 aliphatic rings. The van der Waals surface area contributed by atoms with E-state index < -0.39 is 0 Å². The summed E-state index contributed by atoms with van der Waals surface area (Å²) in [7, 11) is 0. The number of likely N-dealkylation sites (tertiary alicyclic amines) is 1. The van der Waals surface area contributed by atoms with Gasteiger partial charge in [-0.25, -0.2) is 0 Å². The normalized spacial score (nSPS) is 25.5.